The average molecular weight is 320 g/mol. The first kappa shape index (κ1) is 17.0. The predicted octanol–water partition coefficient (Wildman–Crippen LogP) is 0.882. The molecule has 0 saturated heterocycles. The van der Waals surface area contributed by atoms with Crippen molar-refractivity contribution in [1.29, 1.82) is 0 Å². The molecule has 10 heteroatoms. The Labute approximate surface area is 120 Å². The van der Waals surface area contributed by atoms with Gasteiger partial charge in [-0.2, -0.15) is 9.11 Å². The Bertz CT molecular complexity index is 688. The molecule has 1 aromatic carbocycles. The summed E-state index contributed by atoms with van der Waals surface area (Å²) in [6.07, 6.45) is 0. The van der Waals surface area contributed by atoms with Crippen LogP contribution in [-0.2, 0) is 19.6 Å². The van der Waals surface area contributed by atoms with E-state index in [0.29, 0.717) is 6.07 Å². The quantitative estimate of drug-likeness (QED) is 0.489. The van der Waals surface area contributed by atoms with E-state index in [-0.39, 0.29) is 5.56 Å². The SMILES string of the molecule is COC(=O)[C@H](C)NS(=O)(=O)c1cc(C)c(F)c([N+](=O)[O-])c1. The minimum Gasteiger partial charge on any atom is -0.468 e. The maximum absolute atomic E-state index is 13.5. The minimum atomic E-state index is -4.23. The molecule has 0 fully saturated rings. The van der Waals surface area contributed by atoms with Crippen LogP contribution >= 0.6 is 0 Å². The highest BCUT2D eigenvalue weighted by Crippen LogP contribution is 2.25. The number of hydrogen-bond acceptors (Lipinski definition) is 6. The van der Waals surface area contributed by atoms with E-state index in [0.717, 1.165) is 13.2 Å². The highest BCUT2D eigenvalue weighted by molar-refractivity contribution is 7.89. The van der Waals surface area contributed by atoms with Gasteiger partial charge in [-0.1, -0.05) is 0 Å². The van der Waals surface area contributed by atoms with Crippen molar-refractivity contribution in [2.75, 3.05) is 7.11 Å². The molecule has 0 heterocycles. The Morgan fingerprint density at radius 3 is 2.52 bits per heavy atom. The lowest BCUT2D eigenvalue weighted by atomic mass is 10.2. The van der Waals surface area contributed by atoms with Crippen LogP contribution < -0.4 is 4.72 Å². The van der Waals surface area contributed by atoms with Crippen molar-refractivity contribution in [2.24, 2.45) is 0 Å². The third kappa shape index (κ3) is 3.73. The molecule has 0 saturated carbocycles. The fourth-order valence-electron chi connectivity index (χ4n) is 1.53. The molecule has 0 amide bonds. The standard InChI is InChI=1S/C11H13FN2O6S/c1-6-4-8(5-9(10(6)12)14(16)17)21(18,19)13-7(2)11(15)20-3/h4-5,7,13H,1-3H3/t7-/m0/s1. The molecule has 0 aromatic heterocycles. The summed E-state index contributed by atoms with van der Waals surface area (Å²) >= 11 is 0. The molecule has 0 aliphatic rings. The number of aryl methyl sites for hydroxylation is 1. The molecular weight excluding hydrogens is 307 g/mol. The van der Waals surface area contributed by atoms with Gasteiger partial charge in [-0.05, 0) is 25.5 Å². The number of halogens is 1. The topological polar surface area (TPSA) is 116 Å². The second-order valence-corrected chi connectivity index (χ2v) is 5.91. The van der Waals surface area contributed by atoms with Crippen LogP contribution in [0.15, 0.2) is 17.0 Å². The molecule has 1 atom stereocenters. The number of carbonyl (C=O) groups excluding carboxylic acids is 1. The number of methoxy groups -OCH3 is 1. The number of carbonyl (C=O) groups is 1. The first-order chi connectivity index (χ1) is 9.60. The van der Waals surface area contributed by atoms with Crippen LogP contribution in [0.3, 0.4) is 0 Å². The zero-order valence-corrected chi connectivity index (χ0v) is 12.2. The lowest BCUT2D eigenvalue weighted by Crippen LogP contribution is -2.39. The van der Waals surface area contributed by atoms with Crippen molar-refractivity contribution in [3.63, 3.8) is 0 Å². The Kier molecular flexibility index (Phi) is 4.97. The summed E-state index contributed by atoms with van der Waals surface area (Å²) in [6.45, 7) is 2.44. The molecule has 21 heavy (non-hydrogen) atoms. The van der Waals surface area contributed by atoms with Gasteiger partial charge < -0.3 is 4.74 Å². The summed E-state index contributed by atoms with van der Waals surface area (Å²) in [5.41, 5.74) is -1.16. The number of ether oxygens (including phenoxy) is 1. The third-order valence-corrected chi connectivity index (χ3v) is 4.12. The number of nitrogens with zero attached hydrogens (tertiary/aromatic N) is 1. The molecule has 1 N–H and O–H groups in total. The lowest BCUT2D eigenvalue weighted by Gasteiger charge is -2.12. The van der Waals surface area contributed by atoms with Crippen LogP contribution in [0.25, 0.3) is 0 Å². The van der Waals surface area contributed by atoms with Gasteiger partial charge in [0.15, 0.2) is 0 Å². The van der Waals surface area contributed by atoms with E-state index in [2.05, 4.69) is 4.74 Å². The van der Waals surface area contributed by atoms with Crippen LogP contribution in [0.2, 0.25) is 0 Å². The molecule has 1 aromatic rings. The molecule has 0 radical (unpaired) electrons. The van der Waals surface area contributed by atoms with Gasteiger partial charge >= 0.3 is 11.7 Å². The fraction of sp³-hybridized carbons (Fsp3) is 0.364. The van der Waals surface area contributed by atoms with Crippen LogP contribution in [0.1, 0.15) is 12.5 Å². The van der Waals surface area contributed by atoms with E-state index in [9.17, 15) is 27.7 Å². The van der Waals surface area contributed by atoms with Crippen LogP contribution in [0.5, 0.6) is 0 Å². The Morgan fingerprint density at radius 1 is 1.48 bits per heavy atom. The second kappa shape index (κ2) is 6.14. The number of nitrogens with one attached hydrogen (secondary N) is 1. The number of benzene rings is 1. The largest absolute Gasteiger partial charge is 0.468 e. The number of esters is 1. The number of nitro groups is 1. The summed E-state index contributed by atoms with van der Waals surface area (Å²) in [6, 6.07) is 0.341. The van der Waals surface area contributed by atoms with Gasteiger partial charge in [0.1, 0.15) is 6.04 Å². The fourth-order valence-corrected chi connectivity index (χ4v) is 2.83. The third-order valence-electron chi connectivity index (χ3n) is 2.60. The summed E-state index contributed by atoms with van der Waals surface area (Å²) in [7, 11) is -3.15. The lowest BCUT2D eigenvalue weighted by molar-refractivity contribution is -0.387. The highest BCUT2D eigenvalue weighted by atomic mass is 32.2. The van der Waals surface area contributed by atoms with E-state index in [1.807, 2.05) is 4.72 Å². The Hall–Kier alpha value is -2.07. The van der Waals surface area contributed by atoms with E-state index in [4.69, 9.17) is 0 Å². The van der Waals surface area contributed by atoms with E-state index in [1.54, 1.807) is 0 Å². The summed E-state index contributed by atoms with van der Waals surface area (Å²) in [5, 5.41) is 10.7. The predicted molar refractivity (Wildman–Crippen MR) is 69.6 cm³/mol. The van der Waals surface area contributed by atoms with Gasteiger partial charge in [0.25, 0.3) is 0 Å². The molecule has 0 aliphatic heterocycles. The smallest absolute Gasteiger partial charge is 0.323 e. The summed E-state index contributed by atoms with van der Waals surface area (Å²) < 4.78 is 44.0. The number of sulfonamides is 1. The van der Waals surface area contributed by atoms with Gasteiger partial charge in [0.2, 0.25) is 15.8 Å². The van der Waals surface area contributed by atoms with Gasteiger partial charge in [0.05, 0.1) is 16.9 Å². The zero-order chi connectivity index (χ0) is 16.4. The molecule has 0 spiro atoms. The summed E-state index contributed by atoms with van der Waals surface area (Å²) in [4.78, 5) is 20.4. The molecule has 0 aliphatic carbocycles. The highest BCUT2D eigenvalue weighted by Gasteiger charge is 2.27. The number of rotatable bonds is 5. The molecule has 0 bridgehead atoms. The Balaban J connectivity index is 3.27. The van der Waals surface area contributed by atoms with Crippen molar-refractivity contribution in [3.05, 3.63) is 33.6 Å². The molecule has 8 nitrogen and oxygen atoms in total. The van der Waals surface area contributed by atoms with Crippen molar-refractivity contribution >= 4 is 21.7 Å². The normalized spacial score (nSPS) is 12.8. The van der Waals surface area contributed by atoms with Crippen molar-refractivity contribution < 1.29 is 27.3 Å². The Morgan fingerprint density at radius 2 is 2.05 bits per heavy atom. The minimum absolute atomic E-state index is 0.199. The summed E-state index contributed by atoms with van der Waals surface area (Å²) in [5.74, 6) is -1.94. The van der Waals surface area contributed by atoms with Gasteiger partial charge in [-0.15, -0.1) is 0 Å². The van der Waals surface area contributed by atoms with Crippen molar-refractivity contribution in [1.82, 2.24) is 4.72 Å². The zero-order valence-electron chi connectivity index (χ0n) is 11.4. The van der Waals surface area contributed by atoms with Crippen molar-refractivity contribution in [3.8, 4) is 0 Å². The maximum atomic E-state index is 13.5. The van der Waals surface area contributed by atoms with Crippen LogP contribution in [-0.4, -0.2) is 32.5 Å². The van der Waals surface area contributed by atoms with E-state index >= 15 is 0 Å². The molecule has 116 valence electrons. The monoisotopic (exact) mass is 320 g/mol. The van der Waals surface area contributed by atoms with Gasteiger partial charge in [-0.25, -0.2) is 8.42 Å². The van der Waals surface area contributed by atoms with Crippen LogP contribution in [0.4, 0.5) is 10.1 Å². The van der Waals surface area contributed by atoms with Gasteiger partial charge in [0, 0.05) is 6.07 Å². The number of hydrogen-bond donors (Lipinski definition) is 1. The average Bonchev–Trinajstić information content (AvgIpc) is 2.39. The first-order valence-corrected chi connectivity index (χ1v) is 7.13. The number of nitro benzene ring substituents is 1. The van der Waals surface area contributed by atoms with E-state index in [1.165, 1.54) is 13.8 Å². The van der Waals surface area contributed by atoms with Gasteiger partial charge in [-0.3, -0.25) is 14.9 Å². The van der Waals surface area contributed by atoms with Crippen molar-refractivity contribution in [2.45, 2.75) is 24.8 Å². The molecular formula is C11H13FN2O6S. The maximum Gasteiger partial charge on any atom is 0.323 e. The molecule has 0 unspecified atom stereocenters. The van der Waals surface area contributed by atoms with E-state index < -0.39 is 43.4 Å². The molecule has 1 rings (SSSR count). The first-order valence-electron chi connectivity index (χ1n) is 5.65. The second-order valence-electron chi connectivity index (χ2n) is 4.20. The van der Waals surface area contributed by atoms with Crippen LogP contribution in [0, 0.1) is 22.9 Å².